The summed E-state index contributed by atoms with van der Waals surface area (Å²) < 4.78 is 24.1. The van der Waals surface area contributed by atoms with Gasteiger partial charge in [0.1, 0.15) is 14.9 Å². The summed E-state index contributed by atoms with van der Waals surface area (Å²) in [4.78, 5) is 10.7. The van der Waals surface area contributed by atoms with E-state index in [2.05, 4.69) is 10.2 Å². The van der Waals surface area contributed by atoms with E-state index in [1.807, 2.05) is 0 Å². The van der Waals surface area contributed by atoms with Crippen LogP contribution in [0.5, 0.6) is 0 Å². The van der Waals surface area contributed by atoms with Crippen LogP contribution in [0, 0.1) is 10.1 Å². The van der Waals surface area contributed by atoms with E-state index in [1.165, 1.54) is 24.3 Å². The summed E-state index contributed by atoms with van der Waals surface area (Å²) in [5.41, 5.74) is 6.71. The van der Waals surface area contributed by atoms with Gasteiger partial charge in [0, 0.05) is 24.0 Å². The summed E-state index contributed by atoms with van der Waals surface area (Å²) in [7, 11) is -3.48. The van der Waals surface area contributed by atoms with E-state index in [9.17, 15) is 18.5 Å². The fourth-order valence-corrected chi connectivity index (χ4v) is 4.50. The zero-order chi connectivity index (χ0) is 16.1. The van der Waals surface area contributed by atoms with Crippen LogP contribution in [0.3, 0.4) is 0 Å². The Balaban J connectivity index is 2.32. The Hall–Kier alpha value is -2.46. The van der Waals surface area contributed by atoms with Crippen molar-refractivity contribution in [1.29, 1.82) is 0 Å². The number of thiophene rings is 1. The highest BCUT2D eigenvalue weighted by molar-refractivity contribution is 7.93. The van der Waals surface area contributed by atoms with Gasteiger partial charge in [0.25, 0.3) is 5.69 Å². The molecule has 114 valence electrons. The average molecular weight is 338 g/mol. The van der Waals surface area contributed by atoms with Crippen LogP contribution < -0.4 is 5.73 Å². The number of sulfone groups is 1. The third-order valence-corrected chi connectivity index (χ3v) is 6.02. The molecule has 3 rings (SSSR count). The first kappa shape index (κ1) is 14.5. The molecule has 0 radical (unpaired) electrons. The van der Waals surface area contributed by atoms with Crippen LogP contribution in [0.1, 0.15) is 0 Å². The molecule has 0 amide bonds. The molecule has 0 saturated heterocycles. The third-order valence-electron chi connectivity index (χ3n) is 3.11. The zero-order valence-electron chi connectivity index (χ0n) is 11.2. The molecule has 1 aromatic carbocycles. The lowest BCUT2D eigenvalue weighted by molar-refractivity contribution is -0.384. The van der Waals surface area contributed by atoms with E-state index in [-0.39, 0.29) is 15.7 Å². The Morgan fingerprint density at radius 3 is 2.50 bits per heavy atom. The molecule has 0 unspecified atom stereocenters. The number of fused-ring (bicyclic) bond motifs is 1. The van der Waals surface area contributed by atoms with E-state index in [1.54, 1.807) is 0 Å². The number of anilines is 1. The number of non-ortho nitro benzene ring substituents is 1. The summed E-state index contributed by atoms with van der Waals surface area (Å²) in [5.74, 6) is 0.259. The lowest BCUT2D eigenvalue weighted by atomic mass is 10.1. The van der Waals surface area contributed by atoms with E-state index >= 15 is 0 Å². The smallest absolute Gasteiger partial charge is 0.269 e. The van der Waals surface area contributed by atoms with Crippen LogP contribution in [-0.4, -0.2) is 29.8 Å². The maximum Gasteiger partial charge on any atom is 0.269 e. The van der Waals surface area contributed by atoms with Crippen molar-refractivity contribution in [2.45, 2.75) is 4.21 Å². The number of hydrogen-bond donors (Lipinski definition) is 2. The molecule has 0 aliphatic carbocycles. The minimum absolute atomic E-state index is 0.0729. The molecule has 3 N–H and O–H groups in total. The Labute approximate surface area is 128 Å². The van der Waals surface area contributed by atoms with Crippen molar-refractivity contribution in [3.63, 3.8) is 0 Å². The number of benzene rings is 1. The minimum Gasteiger partial charge on any atom is -0.384 e. The number of aromatic nitrogens is 2. The normalized spacial score (nSPS) is 11.9. The van der Waals surface area contributed by atoms with Gasteiger partial charge in [-0.1, -0.05) is 0 Å². The Bertz CT molecular complexity index is 986. The molecule has 2 heterocycles. The Morgan fingerprint density at radius 1 is 1.32 bits per heavy atom. The molecule has 8 nitrogen and oxygen atoms in total. The molecule has 0 fully saturated rings. The SMILES string of the molecule is CS(=O)(=O)c1sc2n[nH]c(N)c2c1-c1ccc([N+](=O)[O-])cc1. The lowest BCUT2D eigenvalue weighted by Crippen LogP contribution is -1.97. The van der Waals surface area contributed by atoms with Crippen LogP contribution in [0.4, 0.5) is 11.5 Å². The maximum absolute atomic E-state index is 12.0. The molecule has 2 aromatic heterocycles. The van der Waals surface area contributed by atoms with Gasteiger partial charge in [0.15, 0.2) is 9.84 Å². The second-order valence-electron chi connectivity index (χ2n) is 4.66. The number of hydrogen-bond acceptors (Lipinski definition) is 7. The number of rotatable bonds is 3. The summed E-state index contributed by atoms with van der Waals surface area (Å²) >= 11 is 1.01. The van der Waals surface area contributed by atoms with Gasteiger partial charge in [-0.15, -0.1) is 11.3 Å². The highest BCUT2D eigenvalue weighted by atomic mass is 32.2. The number of nitrogen functional groups attached to an aromatic ring is 1. The van der Waals surface area contributed by atoms with Crippen molar-refractivity contribution in [3.8, 4) is 11.1 Å². The van der Waals surface area contributed by atoms with E-state index in [0.717, 1.165) is 17.6 Å². The summed E-state index contributed by atoms with van der Waals surface area (Å²) in [6, 6.07) is 5.64. The van der Waals surface area contributed by atoms with Crippen molar-refractivity contribution < 1.29 is 13.3 Å². The van der Waals surface area contributed by atoms with Crippen LogP contribution >= 0.6 is 11.3 Å². The van der Waals surface area contributed by atoms with Crippen LogP contribution in [-0.2, 0) is 9.84 Å². The fourth-order valence-electron chi connectivity index (χ4n) is 2.17. The molecule has 0 spiro atoms. The standard InChI is InChI=1S/C12H10N4O4S2/c1-22(19,20)12-8(9-10(13)14-15-11(9)21-12)6-2-4-7(5-3-6)16(17)18/h2-5H,1H3,(H3,13,14,15). The second kappa shape index (κ2) is 4.78. The van der Waals surface area contributed by atoms with Gasteiger partial charge in [0.2, 0.25) is 0 Å². The van der Waals surface area contributed by atoms with Gasteiger partial charge >= 0.3 is 0 Å². The Kier molecular flexibility index (Phi) is 3.15. The van der Waals surface area contributed by atoms with Gasteiger partial charge in [-0.3, -0.25) is 15.2 Å². The molecule has 0 atom stereocenters. The van der Waals surface area contributed by atoms with E-state index in [4.69, 9.17) is 5.73 Å². The van der Waals surface area contributed by atoms with Gasteiger partial charge < -0.3 is 5.73 Å². The number of nitrogens with zero attached hydrogens (tertiary/aromatic N) is 2. The zero-order valence-corrected chi connectivity index (χ0v) is 12.9. The first-order valence-corrected chi connectivity index (χ1v) is 8.71. The number of H-pyrrole nitrogens is 1. The maximum atomic E-state index is 12.0. The quantitative estimate of drug-likeness (QED) is 0.555. The number of nitro groups is 1. The largest absolute Gasteiger partial charge is 0.384 e. The Morgan fingerprint density at radius 2 is 1.95 bits per heavy atom. The lowest BCUT2D eigenvalue weighted by Gasteiger charge is -2.03. The highest BCUT2D eigenvalue weighted by Gasteiger charge is 2.25. The molecular weight excluding hydrogens is 328 g/mol. The van der Waals surface area contributed by atoms with Crippen LogP contribution in [0.15, 0.2) is 28.5 Å². The molecule has 3 aromatic rings. The fraction of sp³-hybridized carbons (Fsp3) is 0.0833. The van der Waals surface area contributed by atoms with Gasteiger partial charge in [-0.25, -0.2) is 8.42 Å². The van der Waals surface area contributed by atoms with E-state index in [0.29, 0.717) is 21.3 Å². The molecule has 22 heavy (non-hydrogen) atoms. The number of aromatic amines is 1. The number of nitrogens with two attached hydrogens (primary N) is 1. The molecule has 0 saturated carbocycles. The number of nitrogens with one attached hydrogen (secondary N) is 1. The van der Waals surface area contributed by atoms with Crippen molar-refractivity contribution in [2.24, 2.45) is 0 Å². The van der Waals surface area contributed by atoms with E-state index < -0.39 is 14.8 Å². The van der Waals surface area contributed by atoms with Gasteiger partial charge in [-0.2, -0.15) is 5.10 Å². The van der Waals surface area contributed by atoms with Gasteiger partial charge in [0.05, 0.1) is 10.3 Å². The third kappa shape index (κ3) is 2.22. The highest BCUT2D eigenvalue weighted by Crippen LogP contribution is 2.43. The molecule has 0 aliphatic heterocycles. The van der Waals surface area contributed by atoms with Crippen molar-refractivity contribution in [2.75, 3.05) is 12.0 Å². The molecule has 0 aliphatic rings. The molecular formula is C12H10N4O4S2. The first-order chi connectivity index (χ1) is 10.3. The van der Waals surface area contributed by atoms with Crippen LogP contribution in [0.2, 0.25) is 0 Å². The predicted octanol–water partition coefficient (Wildman–Crippen LogP) is 2.19. The first-order valence-electron chi connectivity index (χ1n) is 6.00. The van der Waals surface area contributed by atoms with Gasteiger partial charge in [-0.05, 0) is 17.7 Å². The minimum atomic E-state index is -3.48. The van der Waals surface area contributed by atoms with Crippen molar-refractivity contribution >= 4 is 42.9 Å². The second-order valence-corrected chi connectivity index (χ2v) is 7.87. The summed E-state index contributed by atoms with van der Waals surface area (Å²) in [5, 5.41) is 17.8. The topological polar surface area (TPSA) is 132 Å². The molecule has 10 heteroatoms. The summed E-state index contributed by atoms with van der Waals surface area (Å²) in [6.07, 6.45) is 1.10. The summed E-state index contributed by atoms with van der Waals surface area (Å²) in [6.45, 7) is 0. The molecule has 0 bridgehead atoms. The average Bonchev–Trinajstić information content (AvgIpc) is 2.99. The predicted molar refractivity (Wildman–Crippen MR) is 83.6 cm³/mol. The van der Waals surface area contributed by atoms with Crippen molar-refractivity contribution in [3.05, 3.63) is 34.4 Å². The van der Waals surface area contributed by atoms with Crippen LogP contribution in [0.25, 0.3) is 21.3 Å². The van der Waals surface area contributed by atoms with Crippen molar-refractivity contribution in [1.82, 2.24) is 10.2 Å². The monoisotopic (exact) mass is 338 g/mol. The number of nitro benzene ring substituents is 1.